The van der Waals surface area contributed by atoms with Crippen molar-refractivity contribution in [3.63, 3.8) is 0 Å². The van der Waals surface area contributed by atoms with Gasteiger partial charge in [-0.15, -0.1) is 11.3 Å². The first-order chi connectivity index (χ1) is 11.7. The maximum Gasteiger partial charge on any atom is 0.232 e. The van der Waals surface area contributed by atoms with Gasteiger partial charge in [-0.25, -0.2) is 0 Å². The van der Waals surface area contributed by atoms with E-state index in [1.54, 1.807) is 11.3 Å². The van der Waals surface area contributed by atoms with Gasteiger partial charge in [0, 0.05) is 23.4 Å². The molecule has 1 aromatic carbocycles. The standard InChI is InChI=1S/C18H17N3O2S/c1-12-4-6-13(7-5-12)17-19-18(23-20-17)14-9-16(22)21(10-14)11-15-3-2-8-24-15/h2-8,14H,9-11H2,1H3/t14-/m1/s1. The summed E-state index contributed by atoms with van der Waals surface area (Å²) in [5.41, 5.74) is 2.11. The minimum Gasteiger partial charge on any atom is -0.339 e. The number of benzene rings is 1. The largest absolute Gasteiger partial charge is 0.339 e. The summed E-state index contributed by atoms with van der Waals surface area (Å²) in [6.07, 6.45) is 0.431. The Balaban J connectivity index is 1.49. The third-order valence-electron chi connectivity index (χ3n) is 4.24. The number of thiophene rings is 1. The maximum absolute atomic E-state index is 12.2. The predicted molar refractivity (Wildman–Crippen MR) is 91.6 cm³/mol. The van der Waals surface area contributed by atoms with E-state index in [0.29, 0.717) is 31.2 Å². The Morgan fingerprint density at radius 3 is 2.88 bits per heavy atom. The minimum absolute atomic E-state index is 0.0239. The average molecular weight is 339 g/mol. The summed E-state index contributed by atoms with van der Waals surface area (Å²) in [6, 6.07) is 12.1. The van der Waals surface area contributed by atoms with E-state index in [0.717, 1.165) is 5.56 Å². The third-order valence-corrected chi connectivity index (χ3v) is 5.10. The normalized spacial score (nSPS) is 17.6. The summed E-state index contributed by atoms with van der Waals surface area (Å²) in [7, 11) is 0. The molecule has 0 unspecified atom stereocenters. The van der Waals surface area contributed by atoms with E-state index < -0.39 is 0 Å². The highest BCUT2D eigenvalue weighted by Gasteiger charge is 2.34. The summed E-state index contributed by atoms with van der Waals surface area (Å²) in [5.74, 6) is 1.24. The van der Waals surface area contributed by atoms with Crippen molar-refractivity contribution in [1.29, 1.82) is 0 Å². The number of nitrogens with zero attached hydrogens (tertiary/aromatic N) is 3. The first kappa shape index (κ1) is 15.1. The van der Waals surface area contributed by atoms with Gasteiger partial charge in [-0.1, -0.05) is 41.1 Å². The molecule has 5 nitrogen and oxygen atoms in total. The Morgan fingerprint density at radius 2 is 2.12 bits per heavy atom. The van der Waals surface area contributed by atoms with Crippen LogP contribution in [-0.4, -0.2) is 27.5 Å². The molecular formula is C18H17N3O2S. The molecule has 24 heavy (non-hydrogen) atoms. The number of amides is 1. The van der Waals surface area contributed by atoms with E-state index in [4.69, 9.17) is 4.52 Å². The zero-order valence-corrected chi connectivity index (χ0v) is 14.1. The zero-order chi connectivity index (χ0) is 16.5. The highest BCUT2D eigenvalue weighted by molar-refractivity contribution is 7.09. The van der Waals surface area contributed by atoms with Gasteiger partial charge in [-0.3, -0.25) is 4.79 Å². The van der Waals surface area contributed by atoms with Crippen molar-refractivity contribution in [2.45, 2.75) is 25.8 Å². The topological polar surface area (TPSA) is 59.2 Å². The lowest BCUT2D eigenvalue weighted by molar-refractivity contribution is -0.128. The minimum atomic E-state index is -0.0239. The summed E-state index contributed by atoms with van der Waals surface area (Å²) in [5, 5.41) is 6.10. The summed E-state index contributed by atoms with van der Waals surface area (Å²) >= 11 is 1.67. The first-order valence-corrected chi connectivity index (χ1v) is 8.78. The van der Waals surface area contributed by atoms with Crippen molar-refractivity contribution in [2.24, 2.45) is 0 Å². The molecule has 1 fully saturated rings. The van der Waals surface area contributed by atoms with Crippen LogP contribution in [0.3, 0.4) is 0 Å². The highest BCUT2D eigenvalue weighted by atomic mass is 32.1. The molecule has 0 aliphatic carbocycles. The molecule has 0 bridgehead atoms. The van der Waals surface area contributed by atoms with Crippen molar-refractivity contribution in [3.8, 4) is 11.4 Å². The number of rotatable bonds is 4. The molecule has 3 heterocycles. The number of aryl methyl sites for hydroxylation is 1. The lowest BCUT2D eigenvalue weighted by Crippen LogP contribution is -2.23. The molecule has 1 saturated heterocycles. The first-order valence-electron chi connectivity index (χ1n) is 7.90. The number of aromatic nitrogens is 2. The number of carbonyl (C=O) groups is 1. The van der Waals surface area contributed by atoms with Crippen LogP contribution in [0, 0.1) is 6.92 Å². The smallest absolute Gasteiger partial charge is 0.232 e. The second-order valence-corrected chi connectivity index (χ2v) is 7.11. The van der Waals surface area contributed by atoms with Crippen LogP contribution in [0.4, 0.5) is 0 Å². The van der Waals surface area contributed by atoms with Crippen LogP contribution in [0.25, 0.3) is 11.4 Å². The Kier molecular flexibility index (Phi) is 3.90. The molecule has 122 valence electrons. The molecule has 0 saturated carbocycles. The van der Waals surface area contributed by atoms with Gasteiger partial charge in [-0.05, 0) is 18.4 Å². The monoisotopic (exact) mass is 339 g/mol. The van der Waals surface area contributed by atoms with Crippen LogP contribution >= 0.6 is 11.3 Å². The molecule has 3 aromatic rings. The van der Waals surface area contributed by atoms with Crippen LogP contribution in [0.15, 0.2) is 46.3 Å². The molecule has 2 aromatic heterocycles. The predicted octanol–water partition coefficient (Wildman–Crippen LogP) is 3.62. The fourth-order valence-electron chi connectivity index (χ4n) is 2.90. The highest BCUT2D eigenvalue weighted by Crippen LogP contribution is 2.30. The Bertz CT molecular complexity index is 840. The van der Waals surface area contributed by atoms with Crippen LogP contribution < -0.4 is 0 Å². The van der Waals surface area contributed by atoms with Crippen molar-refractivity contribution in [2.75, 3.05) is 6.54 Å². The summed E-state index contributed by atoms with van der Waals surface area (Å²) in [4.78, 5) is 19.8. The number of likely N-dealkylation sites (tertiary alicyclic amines) is 1. The number of carbonyl (C=O) groups excluding carboxylic acids is 1. The van der Waals surface area contributed by atoms with Crippen LogP contribution in [0.1, 0.15) is 28.7 Å². The molecule has 0 N–H and O–H groups in total. The molecule has 1 amide bonds. The van der Waals surface area contributed by atoms with Crippen molar-refractivity contribution in [3.05, 3.63) is 58.1 Å². The van der Waals surface area contributed by atoms with E-state index in [1.807, 2.05) is 53.6 Å². The molecular weight excluding hydrogens is 322 g/mol. The SMILES string of the molecule is Cc1ccc(-c2noc([C@@H]3CC(=O)N(Cc4cccs4)C3)n2)cc1. The molecule has 1 atom stereocenters. The van der Waals surface area contributed by atoms with E-state index in [2.05, 4.69) is 10.1 Å². The Labute approximate surface area is 143 Å². The third kappa shape index (κ3) is 2.97. The molecule has 4 rings (SSSR count). The van der Waals surface area contributed by atoms with Crippen molar-refractivity contribution < 1.29 is 9.32 Å². The molecule has 6 heteroatoms. The maximum atomic E-state index is 12.2. The Morgan fingerprint density at radius 1 is 1.29 bits per heavy atom. The van der Waals surface area contributed by atoms with Crippen molar-refractivity contribution in [1.82, 2.24) is 15.0 Å². The number of hydrogen-bond acceptors (Lipinski definition) is 5. The fourth-order valence-corrected chi connectivity index (χ4v) is 3.62. The van der Waals surface area contributed by atoms with Gasteiger partial charge < -0.3 is 9.42 Å². The zero-order valence-electron chi connectivity index (χ0n) is 13.3. The summed E-state index contributed by atoms with van der Waals surface area (Å²) < 4.78 is 5.43. The average Bonchev–Trinajstić information content (AvgIpc) is 3.31. The molecule has 0 radical (unpaired) electrons. The van der Waals surface area contributed by atoms with Crippen molar-refractivity contribution >= 4 is 17.2 Å². The van der Waals surface area contributed by atoms with E-state index in [9.17, 15) is 4.79 Å². The van der Waals surface area contributed by atoms with Crippen LogP contribution in [0.5, 0.6) is 0 Å². The lowest BCUT2D eigenvalue weighted by atomic mass is 10.1. The lowest BCUT2D eigenvalue weighted by Gasteiger charge is -2.14. The quantitative estimate of drug-likeness (QED) is 0.728. The van der Waals surface area contributed by atoms with Gasteiger partial charge in [0.15, 0.2) is 0 Å². The number of hydrogen-bond donors (Lipinski definition) is 0. The van der Waals surface area contributed by atoms with E-state index in [1.165, 1.54) is 10.4 Å². The summed E-state index contributed by atoms with van der Waals surface area (Å²) in [6.45, 7) is 3.33. The second kappa shape index (κ2) is 6.20. The van der Waals surface area contributed by atoms with Gasteiger partial charge in [-0.2, -0.15) is 4.98 Å². The fraction of sp³-hybridized carbons (Fsp3) is 0.278. The Hall–Kier alpha value is -2.47. The van der Waals surface area contributed by atoms with Crippen LogP contribution in [0.2, 0.25) is 0 Å². The van der Waals surface area contributed by atoms with Gasteiger partial charge in [0.1, 0.15) is 0 Å². The van der Waals surface area contributed by atoms with E-state index >= 15 is 0 Å². The van der Waals surface area contributed by atoms with Gasteiger partial charge in [0.05, 0.1) is 12.5 Å². The van der Waals surface area contributed by atoms with Gasteiger partial charge >= 0.3 is 0 Å². The van der Waals surface area contributed by atoms with E-state index in [-0.39, 0.29) is 11.8 Å². The van der Waals surface area contributed by atoms with Gasteiger partial charge in [0.25, 0.3) is 0 Å². The van der Waals surface area contributed by atoms with Crippen LogP contribution in [-0.2, 0) is 11.3 Å². The molecule has 1 aliphatic heterocycles. The van der Waals surface area contributed by atoms with Gasteiger partial charge in [0.2, 0.25) is 17.6 Å². The molecule has 1 aliphatic rings. The second-order valence-electron chi connectivity index (χ2n) is 6.08. The molecule has 0 spiro atoms.